The van der Waals surface area contributed by atoms with Crippen molar-refractivity contribution in [2.75, 3.05) is 19.7 Å². The first-order chi connectivity index (χ1) is 16.9. The lowest BCUT2D eigenvalue weighted by atomic mass is 9.90. The monoisotopic (exact) mass is 489 g/mol. The van der Waals surface area contributed by atoms with Gasteiger partial charge in [-0.25, -0.2) is 4.39 Å². The molecule has 0 bridgehead atoms. The first-order valence-electron chi connectivity index (χ1n) is 12.1. The minimum Gasteiger partial charge on any atom is -0.395 e. The maximum atomic E-state index is 14.9. The molecule has 1 aromatic rings. The molecule has 2 unspecified atom stereocenters. The molecule has 2 atom stereocenters. The summed E-state index contributed by atoms with van der Waals surface area (Å²) in [6, 6.07) is 7.12. The van der Waals surface area contributed by atoms with Crippen LogP contribution in [0.3, 0.4) is 0 Å². The number of hydrogen-bond donors (Lipinski definition) is 1. The van der Waals surface area contributed by atoms with Gasteiger partial charge in [0.15, 0.2) is 0 Å². The lowest BCUT2D eigenvalue weighted by molar-refractivity contribution is -0.130. The summed E-state index contributed by atoms with van der Waals surface area (Å²) in [4.78, 5) is 19.1. The lowest BCUT2D eigenvalue weighted by Crippen LogP contribution is -2.57. The Hall–Kier alpha value is -3.56. The summed E-state index contributed by atoms with van der Waals surface area (Å²) in [5.74, 6) is 2.61. The molecule has 190 valence electrons. The van der Waals surface area contributed by atoms with E-state index in [1.165, 1.54) is 13.8 Å². The van der Waals surface area contributed by atoms with Crippen molar-refractivity contribution in [1.82, 2.24) is 14.7 Å². The van der Waals surface area contributed by atoms with Gasteiger partial charge in [-0.3, -0.25) is 4.79 Å². The number of terminal acetylenes is 1. The summed E-state index contributed by atoms with van der Waals surface area (Å²) in [6.45, 7) is 18.2. The van der Waals surface area contributed by atoms with Crippen molar-refractivity contribution in [3.63, 3.8) is 0 Å². The second kappa shape index (κ2) is 10.6. The van der Waals surface area contributed by atoms with Crippen LogP contribution < -0.4 is 0 Å². The van der Waals surface area contributed by atoms with Gasteiger partial charge in [-0.2, -0.15) is 0 Å². The fraction of sp³-hybridized carbons (Fsp3) is 0.367. The molecule has 0 spiro atoms. The van der Waals surface area contributed by atoms with Gasteiger partial charge in [0.25, 0.3) is 5.91 Å². The van der Waals surface area contributed by atoms with Gasteiger partial charge in [-0.1, -0.05) is 43.3 Å². The number of β-amino-alcohol motifs (C(OH)–C–C–N with tert-alkyl or cyclic N) is 1. The van der Waals surface area contributed by atoms with Crippen LogP contribution in [0.15, 0.2) is 78.4 Å². The zero-order valence-electron chi connectivity index (χ0n) is 21.9. The van der Waals surface area contributed by atoms with Crippen LogP contribution in [0.1, 0.15) is 45.7 Å². The van der Waals surface area contributed by atoms with E-state index >= 15 is 0 Å². The van der Waals surface area contributed by atoms with Gasteiger partial charge in [-0.15, -0.1) is 6.42 Å². The number of aliphatic hydroxyl groups is 1. The van der Waals surface area contributed by atoms with Gasteiger partial charge in [-0.05, 0) is 63.5 Å². The van der Waals surface area contributed by atoms with E-state index in [2.05, 4.69) is 19.1 Å². The summed E-state index contributed by atoms with van der Waals surface area (Å²) >= 11 is 0. The molecule has 1 saturated heterocycles. The van der Waals surface area contributed by atoms with Crippen LogP contribution in [0.5, 0.6) is 0 Å². The predicted molar refractivity (Wildman–Crippen MR) is 144 cm³/mol. The molecule has 1 amide bonds. The minimum atomic E-state index is -1.54. The minimum absolute atomic E-state index is 0.0331. The zero-order valence-corrected chi connectivity index (χ0v) is 21.9. The Morgan fingerprint density at radius 3 is 2.53 bits per heavy atom. The number of carbonyl (C=O) groups is 1. The third kappa shape index (κ3) is 5.17. The number of alkyl halides is 1. The molecule has 0 aromatic heterocycles. The van der Waals surface area contributed by atoms with Crippen molar-refractivity contribution < 1.29 is 14.3 Å². The molecule has 3 rings (SSSR count). The Balaban J connectivity index is 1.88. The Kier molecular flexibility index (Phi) is 7.96. The molecule has 2 aliphatic heterocycles. The average molecular weight is 490 g/mol. The first-order valence-corrected chi connectivity index (χ1v) is 12.1. The van der Waals surface area contributed by atoms with Crippen LogP contribution >= 0.6 is 0 Å². The quantitative estimate of drug-likeness (QED) is 0.575. The van der Waals surface area contributed by atoms with E-state index in [1.54, 1.807) is 34.2 Å². The zero-order chi connectivity index (χ0) is 26.8. The highest BCUT2D eigenvalue weighted by Gasteiger charge is 2.35. The van der Waals surface area contributed by atoms with Gasteiger partial charge >= 0.3 is 0 Å². The number of aliphatic hydroxyl groups excluding tert-OH is 1. The number of benzene rings is 1. The Morgan fingerprint density at radius 2 is 1.94 bits per heavy atom. The maximum absolute atomic E-state index is 14.9. The smallest absolute Gasteiger partial charge is 0.254 e. The van der Waals surface area contributed by atoms with Crippen LogP contribution in [-0.2, 0) is 10.5 Å². The molecule has 1 N–H and O–H groups in total. The molecule has 36 heavy (non-hydrogen) atoms. The number of halogens is 1. The third-order valence-corrected chi connectivity index (χ3v) is 6.90. The number of hydrogen-bond acceptors (Lipinski definition) is 4. The van der Waals surface area contributed by atoms with E-state index in [0.717, 1.165) is 16.8 Å². The van der Waals surface area contributed by atoms with Gasteiger partial charge in [0.1, 0.15) is 5.67 Å². The molecule has 1 aromatic carbocycles. The van der Waals surface area contributed by atoms with Gasteiger partial charge in [0.2, 0.25) is 0 Å². The molecular weight excluding hydrogens is 453 g/mol. The standard InChI is InChI=1S/C30H36FN3O2/c1-9-28(22(4)26-12-10-11-13-27(26)30(7,8)31)33-15-14-25(18-20(33)2)29(36)34-19-21(3)32(16-17-35)23(5)24(34)6/h1,10-15,18,21,24,35H,2,5,16-17,19H2,3-4,6-8H3/b28-22+. The van der Waals surface area contributed by atoms with E-state index in [9.17, 15) is 14.3 Å². The van der Waals surface area contributed by atoms with Crippen molar-refractivity contribution in [3.05, 3.63) is 89.6 Å². The Bertz CT molecular complexity index is 1200. The second-order valence-electron chi connectivity index (χ2n) is 9.80. The van der Waals surface area contributed by atoms with Crippen molar-refractivity contribution in [1.29, 1.82) is 0 Å². The Morgan fingerprint density at radius 1 is 1.28 bits per heavy atom. The number of carbonyl (C=O) groups excluding carboxylic acids is 1. The van der Waals surface area contributed by atoms with Crippen LogP contribution in [0, 0.1) is 12.3 Å². The van der Waals surface area contributed by atoms with Crippen molar-refractivity contribution in [3.8, 4) is 12.3 Å². The molecule has 0 aliphatic carbocycles. The van der Waals surface area contributed by atoms with E-state index in [1.807, 2.05) is 43.9 Å². The number of amides is 1. The Labute approximate surface area is 214 Å². The average Bonchev–Trinajstić information content (AvgIpc) is 2.84. The topological polar surface area (TPSA) is 47.0 Å². The van der Waals surface area contributed by atoms with Crippen LogP contribution in [0.4, 0.5) is 4.39 Å². The summed E-state index contributed by atoms with van der Waals surface area (Å²) in [7, 11) is 0. The van der Waals surface area contributed by atoms with E-state index in [0.29, 0.717) is 35.6 Å². The highest BCUT2D eigenvalue weighted by Crippen LogP contribution is 2.35. The van der Waals surface area contributed by atoms with Gasteiger partial charge in [0.05, 0.1) is 18.3 Å². The summed E-state index contributed by atoms with van der Waals surface area (Å²) in [6.07, 6.45) is 11.1. The van der Waals surface area contributed by atoms with E-state index in [4.69, 9.17) is 6.42 Å². The second-order valence-corrected chi connectivity index (χ2v) is 9.80. The highest BCUT2D eigenvalue weighted by molar-refractivity contribution is 5.97. The first kappa shape index (κ1) is 27.0. The summed E-state index contributed by atoms with van der Waals surface area (Å²) < 4.78 is 14.9. The molecule has 1 fully saturated rings. The van der Waals surface area contributed by atoms with E-state index in [-0.39, 0.29) is 24.6 Å². The molecule has 2 aliphatic rings. The summed E-state index contributed by atoms with van der Waals surface area (Å²) in [5, 5.41) is 9.37. The molecule has 0 radical (unpaired) electrons. The molecule has 2 heterocycles. The van der Waals surface area contributed by atoms with Crippen LogP contribution in [0.25, 0.3) is 5.57 Å². The predicted octanol–water partition coefficient (Wildman–Crippen LogP) is 4.95. The fourth-order valence-corrected chi connectivity index (χ4v) is 4.85. The highest BCUT2D eigenvalue weighted by atomic mass is 19.1. The maximum Gasteiger partial charge on any atom is 0.254 e. The molecule has 5 nitrogen and oxygen atoms in total. The largest absolute Gasteiger partial charge is 0.395 e. The normalized spacial score (nSPS) is 21.3. The number of nitrogens with zero attached hydrogens (tertiary/aromatic N) is 3. The summed E-state index contributed by atoms with van der Waals surface area (Å²) in [5.41, 5.74) is 2.87. The molecule has 0 saturated carbocycles. The number of rotatable bonds is 6. The van der Waals surface area contributed by atoms with Crippen molar-refractivity contribution in [2.45, 2.75) is 52.4 Å². The SMILES string of the molecule is C#C/C(=C(/C)c1ccccc1C(C)(C)F)N1C=CC(C(=O)N2CC(C)N(CCO)C(=C)C2C)=CC1=C. The van der Waals surface area contributed by atoms with Crippen LogP contribution in [-0.4, -0.2) is 57.5 Å². The number of piperazine rings is 1. The van der Waals surface area contributed by atoms with Crippen molar-refractivity contribution in [2.24, 2.45) is 0 Å². The third-order valence-electron chi connectivity index (χ3n) is 6.90. The van der Waals surface area contributed by atoms with Crippen LogP contribution in [0.2, 0.25) is 0 Å². The van der Waals surface area contributed by atoms with Gasteiger partial charge in [0, 0.05) is 42.3 Å². The number of allylic oxidation sites excluding steroid dienone is 3. The van der Waals surface area contributed by atoms with E-state index < -0.39 is 5.67 Å². The molecular formula is C30H36FN3O2. The van der Waals surface area contributed by atoms with Gasteiger partial charge < -0.3 is 19.8 Å². The molecule has 6 heteroatoms. The lowest BCUT2D eigenvalue weighted by Gasteiger charge is -2.46. The fourth-order valence-electron chi connectivity index (χ4n) is 4.85. The van der Waals surface area contributed by atoms with Crippen molar-refractivity contribution >= 4 is 11.5 Å².